The van der Waals surface area contributed by atoms with Gasteiger partial charge in [-0.3, -0.25) is 0 Å². The van der Waals surface area contributed by atoms with Crippen molar-refractivity contribution in [1.82, 2.24) is 10.1 Å². The predicted octanol–water partition coefficient (Wildman–Crippen LogP) is 0.881. The summed E-state index contributed by atoms with van der Waals surface area (Å²) < 4.78 is 41.5. The number of aromatic nitrogens is 2. The summed E-state index contributed by atoms with van der Waals surface area (Å²) in [5.74, 6) is -3.19. The summed E-state index contributed by atoms with van der Waals surface area (Å²) in [4.78, 5) is 14.0. The van der Waals surface area contributed by atoms with Crippen molar-refractivity contribution in [2.24, 2.45) is 0 Å². The molecule has 1 N–H and O–H groups in total. The van der Waals surface area contributed by atoms with Crippen LogP contribution in [0.1, 0.15) is 16.2 Å². The molecule has 1 aromatic heterocycles. The third kappa shape index (κ3) is 2.76. The molecule has 2 rings (SSSR count). The number of sulfone groups is 1. The smallest absolute Gasteiger partial charge is 0.338 e. The second kappa shape index (κ2) is 4.76. The van der Waals surface area contributed by atoms with E-state index in [1.165, 1.54) is 0 Å². The van der Waals surface area contributed by atoms with Crippen molar-refractivity contribution >= 4 is 15.8 Å². The molecule has 0 aliphatic heterocycles. The van der Waals surface area contributed by atoms with Crippen LogP contribution in [0.15, 0.2) is 34.0 Å². The number of carbonyl (C=O) groups is 1. The molecule has 7 nitrogen and oxygen atoms in total. The number of hydrogen-bond donors (Lipinski definition) is 1. The van der Waals surface area contributed by atoms with Crippen LogP contribution in [0.2, 0.25) is 0 Å². The SMILES string of the molecule is O=C(O)c1cc(S(=O)(=O)Cc2ncon2)ccc1F. The molecule has 0 aliphatic rings. The molecular weight excluding hydrogens is 279 g/mol. The Hall–Kier alpha value is -2.29. The van der Waals surface area contributed by atoms with Crippen LogP contribution in [0.3, 0.4) is 0 Å². The van der Waals surface area contributed by atoms with Crippen molar-refractivity contribution < 1.29 is 27.2 Å². The first-order valence-electron chi connectivity index (χ1n) is 4.91. The molecule has 19 heavy (non-hydrogen) atoms. The molecular formula is C10H7FN2O5S. The first kappa shape index (κ1) is 13.1. The van der Waals surface area contributed by atoms with E-state index in [1.807, 2.05) is 0 Å². The van der Waals surface area contributed by atoms with Crippen molar-refractivity contribution in [3.05, 3.63) is 41.8 Å². The van der Waals surface area contributed by atoms with E-state index >= 15 is 0 Å². The molecule has 2 aromatic rings. The first-order chi connectivity index (χ1) is 8.90. The van der Waals surface area contributed by atoms with Crippen LogP contribution < -0.4 is 0 Å². The van der Waals surface area contributed by atoms with Crippen LogP contribution in [-0.4, -0.2) is 29.6 Å². The summed E-state index contributed by atoms with van der Waals surface area (Å²) in [7, 11) is -3.87. The maximum atomic E-state index is 13.2. The lowest BCUT2D eigenvalue weighted by atomic mass is 10.2. The molecule has 0 atom stereocenters. The second-order valence-corrected chi connectivity index (χ2v) is 5.54. The van der Waals surface area contributed by atoms with Gasteiger partial charge in [-0.15, -0.1) is 0 Å². The molecule has 100 valence electrons. The zero-order valence-corrected chi connectivity index (χ0v) is 10.1. The Kier molecular flexibility index (Phi) is 3.30. The molecule has 0 amide bonds. The van der Waals surface area contributed by atoms with Crippen LogP contribution in [0.25, 0.3) is 0 Å². The first-order valence-corrected chi connectivity index (χ1v) is 6.56. The van der Waals surface area contributed by atoms with Gasteiger partial charge in [0.25, 0.3) is 0 Å². The highest BCUT2D eigenvalue weighted by Gasteiger charge is 2.21. The Bertz CT molecular complexity index is 712. The second-order valence-electron chi connectivity index (χ2n) is 3.55. The van der Waals surface area contributed by atoms with Crippen molar-refractivity contribution in [1.29, 1.82) is 0 Å². The molecule has 0 radical (unpaired) electrons. The van der Waals surface area contributed by atoms with E-state index < -0.39 is 32.9 Å². The molecule has 9 heteroatoms. The monoisotopic (exact) mass is 286 g/mol. The zero-order chi connectivity index (χ0) is 14.0. The predicted molar refractivity (Wildman–Crippen MR) is 58.5 cm³/mol. The van der Waals surface area contributed by atoms with Crippen molar-refractivity contribution in [2.45, 2.75) is 10.6 Å². The Morgan fingerprint density at radius 2 is 2.16 bits per heavy atom. The van der Waals surface area contributed by atoms with Crippen LogP contribution in [0.4, 0.5) is 4.39 Å². The average molecular weight is 286 g/mol. The molecule has 0 unspecified atom stereocenters. The normalized spacial score (nSPS) is 11.4. The number of benzene rings is 1. The maximum absolute atomic E-state index is 13.2. The highest BCUT2D eigenvalue weighted by Crippen LogP contribution is 2.18. The number of hydrogen-bond acceptors (Lipinski definition) is 6. The minimum Gasteiger partial charge on any atom is -0.478 e. The molecule has 1 heterocycles. The number of carboxylic acid groups (broad SMARTS) is 1. The number of carboxylic acids is 1. The van der Waals surface area contributed by atoms with Gasteiger partial charge in [0.2, 0.25) is 6.39 Å². The minimum absolute atomic E-state index is 0.0683. The number of rotatable bonds is 4. The number of nitrogens with zero attached hydrogens (tertiary/aromatic N) is 2. The van der Waals surface area contributed by atoms with E-state index in [1.54, 1.807) is 0 Å². The summed E-state index contributed by atoms with van der Waals surface area (Å²) in [6.45, 7) is 0. The van der Waals surface area contributed by atoms with Gasteiger partial charge in [0, 0.05) is 0 Å². The van der Waals surface area contributed by atoms with Gasteiger partial charge >= 0.3 is 5.97 Å². The third-order valence-corrected chi connectivity index (χ3v) is 3.86. The summed E-state index contributed by atoms with van der Waals surface area (Å²) in [6.07, 6.45) is 0.970. The van der Waals surface area contributed by atoms with Gasteiger partial charge in [-0.2, -0.15) is 4.98 Å². The fraction of sp³-hybridized carbons (Fsp3) is 0.100. The Morgan fingerprint density at radius 1 is 1.42 bits per heavy atom. The van der Waals surface area contributed by atoms with Crippen molar-refractivity contribution in [3.63, 3.8) is 0 Å². The maximum Gasteiger partial charge on any atom is 0.338 e. The number of halogens is 1. The van der Waals surface area contributed by atoms with Gasteiger partial charge in [0.15, 0.2) is 15.7 Å². The fourth-order valence-corrected chi connectivity index (χ4v) is 2.58. The largest absolute Gasteiger partial charge is 0.478 e. The van der Waals surface area contributed by atoms with E-state index in [0.29, 0.717) is 0 Å². The Morgan fingerprint density at radius 3 is 2.74 bits per heavy atom. The molecule has 0 spiro atoms. The lowest BCUT2D eigenvalue weighted by molar-refractivity contribution is 0.0691. The fourth-order valence-electron chi connectivity index (χ4n) is 1.37. The van der Waals surface area contributed by atoms with Crippen LogP contribution >= 0.6 is 0 Å². The highest BCUT2D eigenvalue weighted by molar-refractivity contribution is 7.90. The molecule has 0 saturated carbocycles. The minimum atomic E-state index is -3.87. The molecule has 0 aliphatic carbocycles. The van der Waals surface area contributed by atoms with Crippen LogP contribution in [-0.2, 0) is 15.6 Å². The molecule has 0 bridgehead atoms. The average Bonchev–Trinajstić information content (AvgIpc) is 2.80. The summed E-state index contributed by atoms with van der Waals surface area (Å²) in [5.41, 5.74) is -0.714. The van der Waals surface area contributed by atoms with E-state index in [-0.39, 0.29) is 10.7 Å². The Labute approximate surface area is 106 Å². The van der Waals surface area contributed by atoms with Gasteiger partial charge in [-0.1, -0.05) is 5.16 Å². The van der Waals surface area contributed by atoms with E-state index in [9.17, 15) is 17.6 Å². The molecule has 1 aromatic carbocycles. The topological polar surface area (TPSA) is 110 Å². The highest BCUT2D eigenvalue weighted by atomic mass is 32.2. The summed E-state index contributed by atoms with van der Waals surface area (Å²) in [6, 6.07) is 2.52. The molecule has 0 saturated heterocycles. The lowest BCUT2D eigenvalue weighted by Gasteiger charge is -2.04. The van der Waals surface area contributed by atoms with Crippen molar-refractivity contribution in [3.8, 4) is 0 Å². The summed E-state index contributed by atoms with van der Waals surface area (Å²) >= 11 is 0. The van der Waals surface area contributed by atoms with Gasteiger partial charge in [-0.25, -0.2) is 17.6 Å². The van der Waals surface area contributed by atoms with Crippen LogP contribution in [0, 0.1) is 5.82 Å². The van der Waals surface area contributed by atoms with E-state index in [0.717, 1.165) is 24.6 Å². The quantitative estimate of drug-likeness (QED) is 0.830. The zero-order valence-electron chi connectivity index (χ0n) is 9.28. The Balaban J connectivity index is 2.41. The number of aromatic carboxylic acids is 1. The van der Waals surface area contributed by atoms with Gasteiger partial charge < -0.3 is 9.63 Å². The summed E-state index contributed by atoms with van der Waals surface area (Å²) in [5, 5.41) is 12.1. The van der Waals surface area contributed by atoms with Gasteiger partial charge in [0.05, 0.1) is 10.5 Å². The van der Waals surface area contributed by atoms with Crippen molar-refractivity contribution in [2.75, 3.05) is 0 Å². The van der Waals surface area contributed by atoms with Crippen LogP contribution in [0.5, 0.6) is 0 Å². The third-order valence-electron chi connectivity index (χ3n) is 2.25. The molecule has 0 fully saturated rings. The van der Waals surface area contributed by atoms with Gasteiger partial charge in [-0.05, 0) is 18.2 Å². The standard InChI is InChI=1S/C10H7FN2O5S/c11-8-2-1-6(3-7(8)10(14)15)19(16,17)4-9-12-5-18-13-9/h1-3,5H,4H2,(H,14,15). The lowest BCUT2D eigenvalue weighted by Crippen LogP contribution is -2.09. The van der Waals surface area contributed by atoms with E-state index in [2.05, 4.69) is 14.7 Å². The van der Waals surface area contributed by atoms with Gasteiger partial charge in [0.1, 0.15) is 11.6 Å². The van der Waals surface area contributed by atoms with E-state index in [4.69, 9.17) is 5.11 Å².